The van der Waals surface area contributed by atoms with E-state index in [1.807, 2.05) is 6.92 Å². The molecule has 11 heteroatoms. The molecule has 1 saturated heterocycles. The van der Waals surface area contributed by atoms with E-state index in [-0.39, 0.29) is 28.4 Å². The highest BCUT2D eigenvalue weighted by Gasteiger charge is 2.48. The van der Waals surface area contributed by atoms with E-state index in [0.29, 0.717) is 33.4 Å². The number of aliphatic hydroxyl groups is 1. The molecule has 0 saturated carbocycles. The Morgan fingerprint density at radius 2 is 1.88 bits per heavy atom. The van der Waals surface area contributed by atoms with E-state index in [2.05, 4.69) is 10.2 Å². The van der Waals surface area contributed by atoms with Gasteiger partial charge in [-0.2, -0.15) is 0 Å². The third-order valence-corrected chi connectivity index (χ3v) is 9.05. The lowest BCUT2D eigenvalue weighted by Crippen LogP contribution is -2.29. The summed E-state index contributed by atoms with van der Waals surface area (Å²) in [5.74, 6) is -0.343. The van der Waals surface area contributed by atoms with E-state index in [0.717, 1.165) is 28.2 Å². The first-order valence-corrected chi connectivity index (χ1v) is 14.6. The monoisotopic (exact) mass is 589 g/mol. The summed E-state index contributed by atoms with van der Waals surface area (Å²) in [6, 6.07) is 17.4. The van der Waals surface area contributed by atoms with Crippen molar-refractivity contribution < 1.29 is 28.6 Å². The second-order valence-corrected chi connectivity index (χ2v) is 11.8. The Kier molecular flexibility index (Phi) is 7.22. The molecule has 1 N–H and O–H groups in total. The van der Waals surface area contributed by atoms with E-state index >= 15 is 0 Å². The number of nitrogens with zero attached hydrogens (tertiary/aromatic N) is 3. The topological polar surface area (TPSA) is 102 Å². The van der Waals surface area contributed by atoms with E-state index in [9.17, 15) is 19.1 Å². The maximum Gasteiger partial charge on any atom is 0.301 e. The molecule has 3 aromatic carbocycles. The van der Waals surface area contributed by atoms with Crippen LogP contribution in [-0.2, 0) is 21.8 Å². The summed E-state index contributed by atoms with van der Waals surface area (Å²) in [6.07, 6.45) is 0.690. The molecule has 0 bridgehead atoms. The number of carbonyl (C=O) groups is 2. The average molecular weight is 590 g/mol. The molecule has 2 unspecified atom stereocenters. The largest absolute Gasteiger partial charge is 0.507 e. The number of methoxy groups -OCH3 is 1. The van der Waals surface area contributed by atoms with Crippen LogP contribution in [0.2, 0.25) is 0 Å². The molecule has 41 heavy (non-hydrogen) atoms. The minimum absolute atomic E-state index is 0.0137. The van der Waals surface area contributed by atoms with Crippen LogP contribution >= 0.6 is 23.1 Å². The number of ketones is 1. The lowest BCUT2D eigenvalue weighted by Gasteiger charge is -2.22. The Morgan fingerprint density at radius 3 is 2.61 bits per heavy atom. The molecule has 4 aromatic rings. The number of thioether (sulfide) groups is 1. The van der Waals surface area contributed by atoms with Crippen molar-refractivity contribution in [2.45, 2.75) is 35.6 Å². The lowest BCUT2D eigenvalue weighted by molar-refractivity contribution is -0.132. The molecule has 1 fully saturated rings. The van der Waals surface area contributed by atoms with Crippen molar-refractivity contribution in [2.75, 3.05) is 12.0 Å². The summed E-state index contributed by atoms with van der Waals surface area (Å²) in [5.41, 5.74) is 2.80. The molecule has 2 aliphatic heterocycles. The van der Waals surface area contributed by atoms with E-state index < -0.39 is 17.7 Å². The van der Waals surface area contributed by atoms with Crippen LogP contribution in [0.25, 0.3) is 5.76 Å². The molecule has 0 radical (unpaired) electrons. The van der Waals surface area contributed by atoms with Gasteiger partial charge in [-0.15, -0.1) is 10.2 Å². The van der Waals surface area contributed by atoms with Crippen LogP contribution in [0.15, 0.2) is 76.6 Å². The molecule has 2 atom stereocenters. The van der Waals surface area contributed by atoms with E-state index in [4.69, 9.17) is 9.47 Å². The van der Waals surface area contributed by atoms with Crippen LogP contribution in [0.4, 0.5) is 9.52 Å². The molecule has 1 amide bonds. The number of rotatable bonds is 7. The molecule has 8 nitrogen and oxygen atoms in total. The number of aromatic nitrogens is 2. The second-order valence-electron chi connectivity index (χ2n) is 9.66. The molecular weight excluding hydrogens is 565 g/mol. The maximum atomic E-state index is 13.5. The molecule has 0 aliphatic carbocycles. The number of halogens is 1. The van der Waals surface area contributed by atoms with Crippen LogP contribution in [0.1, 0.15) is 35.2 Å². The highest BCUT2D eigenvalue weighted by Crippen LogP contribution is 2.45. The maximum absolute atomic E-state index is 13.5. The average Bonchev–Trinajstić information content (AvgIpc) is 3.67. The number of fused-ring (bicyclic) bond motifs is 1. The zero-order valence-corrected chi connectivity index (χ0v) is 23.7. The van der Waals surface area contributed by atoms with Crippen LogP contribution in [0.3, 0.4) is 0 Å². The van der Waals surface area contributed by atoms with Crippen LogP contribution in [0.5, 0.6) is 11.5 Å². The van der Waals surface area contributed by atoms with E-state index in [1.165, 1.54) is 28.8 Å². The quantitative estimate of drug-likeness (QED) is 0.0931. The van der Waals surface area contributed by atoms with Gasteiger partial charge >= 0.3 is 5.91 Å². The SMILES string of the molecule is COc1ccc(C2/C(=C(/O)c3ccc4c(c3)CC(C)O4)C(=O)C(=O)N2c2nnc(SCc3ccc(F)cc3)s2)cc1. The standard InChI is InChI=1S/C30H24FN3O5S2/c1-16-13-20-14-19(7-12-23(20)39-16)26(35)24-25(18-5-10-22(38-2)11-6-18)34(28(37)27(24)36)29-32-33-30(41-29)40-15-17-3-8-21(31)9-4-17/h3-12,14,16,25,35H,13,15H2,1-2H3/b26-24-. The normalized spacial score (nSPS) is 19.3. The summed E-state index contributed by atoms with van der Waals surface area (Å²) >= 11 is 2.55. The van der Waals surface area contributed by atoms with Gasteiger partial charge in [0.2, 0.25) is 5.13 Å². The number of amides is 1. The smallest absolute Gasteiger partial charge is 0.301 e. The molecule has 1 aromatic heterocycles. The van der Waals surface area contributed by atoms with Gasteiger partial charge in [0, 0.05) is 17.7 Å². The zero-order valence-electron chi connectivity index (χ0n) is 22.0. The Hall–Kier alpha value is -4.22. The molecule has 6 rings (SSSR count). The minimum atomic E-state index is -0.938. The van der Waals surface area contributed by atoms with Gasteiger partial charge in [-0.25, -0.2) is 4.39 Å². The van der Waals surface area contributed by atoms with Crippen molar-refractivity contribution in [3.63, 3.8) is 0 Å². The highest BCUT2D eigenvalue weighted by atomic mass is 32.2. The number of anilines is 1. The number of aliphatic hydroxyl groups excluding tert-OH is 1. The number of benzene rings is 3. The molecule has 2 aliphatic rings. The Bertz CT molecular complexity index is 1670. The number of hydrogen-bond acceptors (Lipinski definition) is 9. The van der Waals surface area contributed by atoms with Gasteiger partial charge in [0.25, 0.3) is 5.78 Å². The molecule has 0 spiro atoms. The molecule has 3 heterocycles. The van der Waals surface area contributed by atoms with Crippen molar-refractivity contribution in [1.82, 2.24) is 10.2 Å². The first-order chi connectivity index (χ1) is 19.8. The fourth-order valence-corrected chi connectivity index (χ4v) is 6.76. The Labute approximate surface area is 243 Å². The summed E-state index contributed by atoms with van der Waals surface area (Å²) < 4.78 is 24.9. The van der Waals surface area contributed by atoms with Crippen molar-refractivity contribution in [1.29, 1.82) is 0 Å². The van der Waals surface area contributed by atoms with Crippen LogP contribution in [0, 0.1) is 5.82 Å². The van der Waals surface area contributed by atoms with E-state index in [1.54, 1.807) is 61.7 Å². The van der Waals surface area contributed by atoms with Gasteiger partial charge in [0.05, 0.1) is 18.7 Å². The third kappa shape index (κ3) is 5.18. The predicted molar refractivity (Wildman–Crippen MR) is 154 cm³/mol. The Balaban J connectivity index is 1.38. The zero-order chi connectivity index (χ0) is 28.7. The molecule has 208 valence electrons. The van der Waals surface area contributed by atoms with Crippen molar-refractivity contribution in [2.24, 2.45) is 0 Å². The fraction of sp³-hybridized carbons (Fsp3) is 0.200. The fourth-order valence-electron chi connectivity index (χ4n) is 4.94. The number of Topliss-reactive ketones (excluding diaryl/α,β-unsaturated/α-hetero) is 1. The third-order valence-electron chi connectivity index (χ3n) is 6.92. The summed E-state index contributed by atoms with van der Waals surface area (Å²) in [4.78, 5) is 28.3. The Morgan fingerprint density at radius 1 is 1.12 bits per heavy atom. The van der Waals surface area contributed by atoms with Gasteiger partial charge in [-0.05, 0) is 66.1 Å². The van der Waals surface area contributed by atoms with Crippen molar-refractivity contribution in [3.05, 3.63) is 100 Å². The number of carbonyl (C=O) groups excluding carboxylic acids is 2. The highest BCUT2D eigenvalue weighted by molar-refractivity contribution is 8.00. The van der Waals surface area contributed by atoms with Crippen LogP contribution in [-0.4, -0.2) is 40.2 Å². The lowest BCUT2D eigenvalue weighted by atomic mass is 9.94. The van der Waals surface area contributed by atoms with Crippen molar-refractivity contribution in [3.8, 4) is 11.5 Å². The van der Waals surface area contributed by atoms with Crippen LogP contribution < -0.4 is 14.4 Å². The first kappa shape index (κ1) is 27.0. The van der Waals surface area contributed by atoms with Gasteiger partial charge in [-0.1, -0.05) is 47.4 Å². The summed E-state index contributed by atoms with van der Waals surface area (Å²) in [5, 5.41) is 20.2. The minimum Gasteiger partial charge on any atom is -0.507 e. The predicted octanol–water partition coefficient (Wildman–Crippen LogP) is 5.93. The number of ether oxygens (including phenoxy) is 2. The molecular formula is C30H24FN3O5S2. The first-order valence-electron chi connectivity index (χ1n) is 12.8. The van der Waals surface area contributed by atoms with Gasteiger partial charge in [0.15, 0.2) is 4.34 Å². The summed E-state index contributed by atoms with van der Waals surface area (Å²) in [7, 11) is 1.55. The number of hydrogen-bond donors (Lipinski definition) is 1. The van der Waals surface area contributed by atoms with Crippen molar-refractivity contribution >= 4 is 45.7 Å². The summed E-state index contributed by atoms with van der Waals surface area (Å²) in [6.45, 7) is 1.96. The van der Waals surface area contributed by atoms with Gasteiger partial charge in [0.1, 0.15) is 29.2 Å². The van der Waals surface area contributed by atoms with Gasteiger partial charge < -0.3 is 14.6 Å². The second kappa shape index (κ2) is 11.0. The van der Waals surface area contributed by atoms with Gasteiger partial charge in [-0.3, -0.25) is 14.5 Å².